The maximum Gasteiger partial charge on any atom is 0.129 e. The lowest BCUT2D eigenvalue weighted by Crippen LogP contribution is -1.97. The van der Waals surface area contributed by atoms with Crippen LogP contribution in [0.5, 0.6) is 0 Å². The summed E-state index contributed by atoms with van der Waals surface area (Å²) in [6.07, 6.45) is 1.81. The average Bonchev–Trinajstić information content (AvgIpc) is 2.94. The van der Waals surface area contributed by atoms with Gasteiger partial charge >= 0.3 is 0 Å². The molecule has 2 N–H and O–H groups in total. The van der Waals surface area contributed by atoms with E-state index in [1.54, 1.807) is 22.2 Å². The summed E-state index contributed by atoms with van der Waals surface area (Å²) in [5, 5.41) is 5.36. The van der Waals surface area contributed by atoms with Gasteiger partial charge in [0.1, 0.15) is 5.82 Å². The van der Waals surface area contributed by atoms with E-state index in [1.807, 2.05) is 7.05 Å². The maximum absolute atomic E-state index is 6.02. The van der Waals surface area contributed by atoms with E-state index in [1.165, 1.54) is 9.71 Å². The highest BCUT2D eigenvalue weighted by molar-refractivity contribution is 7.18. The van der Waals surface area contributed by atoms with E-state index in [0.29, 0.717) is 11.7 Å². The molecule has 5 heteroatoms. The number of benzene rings is 1. The van der Waals surface area contributed by atoms with E-state index in [0.717, 1.165) is 16.6 Å². The quantitative estimate of drug-likeness (QED) is 0.778. The van der Waals surface area contributed by atoms with Gasteiger partial charge in [-0.1, -0.05) is 19.9 Å². The maximum atomic E-state index is 6.02. The smallest absolute Gasteiger partial charge is 0.129 e. The second-order valence-electron chi connectivity index (χ2n) is 4.96. The summed E-state index contributed by atoms with van der Waals surface area (Å²) in [4.78, 5) is 4.64. The molecule has 2 heterocycles. The fraction of sp³-hybridized carbons (Fsp3) is 0.286. The monoisotopic (exact) mass is 272 g/mol. The predicted molar refractivity (Wildman–Crippen MR) is 80.3 cm³/mol. The molecule has 0 aliphatic carbocycles. The summed E-state index contributed by atoms with van der Waals surface area (Å²) < 4.78 is 2.88. The Kier molecular flexibility index (Phi) is 2.78. The van der Waals surface area contributed by atoms with Crippen LogP contribution in [0.15, 0.2) is 24.4 Å². The molecule has 0 atom stereocenters. The molecular weight excluding hydrogens is 256 g/mol. The number of nitrogens with two attached hydrogens (primary N) is 1. The first-order chi connectivity index (χ1) is 9.06. The van der Waals surface area contributed by atoms with E-state index in [2.05, 4.69) is 42.1 Å². The van der Waals surface area contributed by atoms with Crippen molar-refractivity contribution in [3.05, 3.63) is 29.4 Å². The van der Waals surface area contributed by atoms with Gasteiger partial charge in [-0.25, -0.2) is 4.98 Å². The number of aryl methyl sites for hydroxylation is 1. The van der Waals surface area contributed by atoms with Crippen LogP contribution in [0.4, 0.5) is 5.82 Å². The minimum Gasteiger partial charge on any atom is -0.383 e. The van der Waals surface area contributed by atoms with Crippen LogP contribution in [0, 0.1) is 0 Å². The Labute approximate surface area is 115 Å². The highest BCUT2D eigenvalue weighted by atomic mass is 32.1. The second-order valence-corrected chi connectivity index (χ2v) is 6.02. The molecule has 19 heavy (non-hydrogen) atoms. The summed E-state index contributed by atoms with van der Waals surface area (Å²) in [6.45, 7) is 4.33. The van der Waals surface area contributed by atoms with Gasteiger partial charge in [0.05, 0.1) is 21.4 Å². The van der Waals surface area contributed by atoms with E-state index >= 15 is 0 Å². The minimum absolute atomic E-state index is 0.462. The first kappa shape index (κ1) is 12.2. The molecule has 0 bridgehead atoms. The summed E-state index contributed by atoms with van der Waals surface area (Å²) in [6, 6.07) is 6.26. The van der Waals surface area contributed by atoms with Crippen LogP contribution in [0.3, 0.4) is 0 Å². The summed E-state index contributed by atoms with van der Waals surface area (Å²) in [5.41, 5.74) is 9.15. The lowest BCUT2D eigenvalue weighted by Gasteiger charge is -2.00. The molecule has 2 aromatic heterocycles. The lowest BCUT2D eigenvalue weighted by atomic mass is 10.1. The van der Waals surface area contributed by atoms with Crippen molar-refractivity contribution in [3.63, 3.8) is 0 Å². The van der Waals surface area contributed by atoms with Crippen LogP contribution in [0.2, 0.25) is 0 Å². The fourth-order valence-electron chi connectivity index (χ4n) is 2.03. The van der Waals surface area contributed by atoms with Crippen LogP contribution in [-0.2, 0) is 7.05 Å². The van der Waals surface area contributed by atoms with E-state index in [9.17, 15) is 0 Å². The lowest BCUT2D eigenvalue weighted by molar-refractivity contribution is 0.779. The molecule has 0 unspecified atom stereocenters. The third-order valence-corrected chi connectivity index (χ3v) is 4.51. The van der Waals surface area contributed by atoms with Gasteiger partial charge in [-0.3, -0.25) is 4.68 Å². The third kappa shape index (κ3) is 2.00. The Hall–Kier alpha value is -1.88. The predicted octanol–water partition coefficient (Wildman–Crippen LogP) is 3.40. The molecule has 3 rings (SSSR count). The van der Waals surface area contributed by atoms with Gasteiger partial charge in [0.15, 0.2) is 0 Å². The fourth-order valence-corrected chi connectivity index (χ4v) is 3.04. The number of hydrogen-bond acceptors (Lipinski definition) is 4. The number of nitrogen functional groups attached to an aromatic ring is 1. The number of fused-ring (bicyclic) bond motifs is 1. The van der Waals surface area contributed by atoms with Crippen molar-refractivity contribution in [3.8, 4) is 11.1 Å². The number of rotatable bonds is 2. The van der Waals surface area contributed by atoms with Crippen LogP contribution >= 0.6 is 11.3 Å². The zero-order valence-corrected chi connectivity index (χ0v) is 12.0. The van der Waals surface area contributed by atoms with Gasteiger partial charge in [-0.15, -0.1) is 11.3 Å². The Bertz CT molecular complexity index is 739. The van der Waals surface area contributed by atoms with Crippen molar-refractivity contribution in [2.24, 2.45) is 7.05 Å². The van der Waals surface area contributed by atoms with E-state index < -0.39 is 0 Å². The Morgan fingerprint density at radius 3 is 2.74 bits per heavy atom. The molecule has 3 aromatic rings. The SMILES string of the molecule is CC(C)c1nc2ccc(-c3cnn(C)c3N)cc2s1. The molecule has 98 valence electrons. The average molecular weight is 272 g/mol. The standard InChI is InChI=1S/C14H16N4S/c1-8(2)14-17-11-5-4-9(6-12(11)19-14)10-7-16-18(3)13(10)15/h4-8H,15H2,1-3H3. The number of aromatic nitrogens is 3. The van der Waals surface area contributed by atoms with Crippen molar-refractivity contribution >= 4 is 27.4 Å². The highest BCUT2D eigenvalue weighted by Crippen LogP contribution is 2.32. The molecule has 1 aromatic carbocycles. The third-order valence-electron chi connectivity index (χ3n) is 3.19. The van der Waals surface area contributed by atoms with Crippen molar-refractivity contribution in [2.75, 3.05) is 5.73 Å². The van der Waals surface area contributed by atoms with E-state index in [4.69, 9.17) is 5.73 Å². The van der Waals surface area contributed by atoms with Crippen LogP contribution < -0.4 is 5.73 Å². The first-order valence-corrected chi connectivity index (χ1v) is 7.06. The number of anilines is 1. The van der Waals surface area contributed by atoms with Gasteiger partial charge in [-0.05, 0) is 17.7 Å². The molecule has 0 amide bonds. The molecule has 0 aliphatic rings. The Morgan fingerprint density at radius 1 is 1.32 bits per heavy atom. The Morgan fingerprint density at radius 2 is 2.11 bits per heavy atom. The van der Waals surface area contributed by atoms with Crippen molar-refractivity contribution in [1.29, 1.82) is 0 Å². The van der Waals surface area contributed by atoms with Gasteiger partial charge < -0.3 is 5.73 Å². The highest BCUT2D eigenvalue weighted by Gasteiger charge is 2.11. The zero-order chi connectivity index (χ0) is 13.6. The first-order valence-electron chi connectivity index (χ1n) is 6.24. The minimum atomic E-state index is 0.462. The van der Waals surface area contributed by atoms with Crippen molar-refractivity contribution in [2.45, 2.75) is 19.8 Å². The summed E-state index contributed by atoms with van der Waals surface area (Å²) >= 11 is 1.75. The molecule has 0 aliphatic heterocycles. The largest absolute Gasteiger partial charge is 0.383 e. The zero-order valence-electron chi connectivity index (χ0n) is 11.2. The van der Waals surface area contributed by atoms with Crippen molar-refractivity contribution < 1.29 is 0 Å². The topological polar surface area (TPSA) is 56.7 Å². The van der Waals surface area contributed by atoms with Gasteiger partial charge in [0.25, 0.3) is 0 Å². The van der Waals surface area contributed by atoms with Gasteiger partial charge in [0.2, 0.25) is 0 Å². The van der Waals surface area contributed by atoms with E-state index in [-0.39, 0.29) is 0 Å². The van der Waals surface area contributed by atoms with Crippen LogP contribution in [0.1, 0.15) is 24.8 Å². The number of nitrogens with zero attached hydrogens (tertiary/aromatic N) is 3. The molecule has 0 radical (unpaired) electrons. The number of hydrogen-bond donors (Lipinski definition) is 1. The molecule has 0 fully saturated rings. The summed E-state index contributed by atoms with van der Waals surface area (Å²) in [7, 11) is 1.85. The Balaban J connectivity index is 2.13. The summed E-state index contributed by atoms with van der Waals surface area (Å²) in [5.74, 6) is 1.15. The van der Waals surface area contributed by atoms with Crippen molar-refractivity contribution in [1.82, 2.24) is 14.8 Å². The van der Waals surface area contributed by atoms with Gasteiger partial charge in [-0.2, -0.15) is 5.10 Å². The van der Waals surface area contributed by atoms with Gasteiger partial charge in [0, 0.05) is 18.5 Å². The molecule has 0 saturated carbocycles. The number of thiazole rings is 1. The second kappa shape index (κ2) is 4.35. The molecular formula is C14H16N4S. The van der Waals surface area contributed by atoms with Crippen LogP contribution in [-0.4, -0.2) is 14.8 Å². The molecule has 4 nitrogen and oxygen atoms in total. The molecule has 0 spiro atoms. The molecule has 0 saturated heterocycles. The normalized spacial score (nSPS) is 11.6. The van der Waals surface area contributed by atoms with Crippen LogP contribution in [0.25, 0.3) is 21.3 Å².